The van der Waals surface area contributed by atoms with E-state index in [0.29, 0.717) is 10.6 Å². The molecule has 1 aliphatic rings. The fourth-order valence-corrected chi connectivity index (χ4v) is 4.27. The molecule has 3 heterocycles. The van der Waals surface area contributed by atoms with Gasteiger partial charge in [-0.2, -0.15) is 0 Å². The Kier molecular flexibility index (Phi) is 9.26. The number of aryl methyl sites for hydroxylation is 1. The molecule has 0 saturated heterocycles. The molecule has 17 heteroatoms. The molecule has 3 aromatic heterocycles. The molecule has 2 amide bonds. The Labute approximate surface area is 227 Å². The summed E-state index contributed by atoms with van der Waals surface area (Å²) in [6.45, 7) is -0.632. The van der Waals surface area contributed by atoms with E-state index in [4.69, 9.17) is 0 Å². The van der Waals surface area contributed by atoms with Crippen LogP contribution in [0.25, 0.3) is 0 Å². The highest BCUT2D eigenvalue weighted by Crippen LogP contribution is 2.27. The average molecular weight is 585 g/mol. The van der Waals surface area contributed by atoms with E-state index in [1.807, 2.05) is 0 Å². The molecule has 212 valence electrons. The number of pyridine rings is 1. The Morgan fingerprint density at radius 1 is 1.23 bits per heavy atom. The molecule has 4 rings (SSSR count). The molecule has 3 aromatic rings. The van der Waals surface area contributed by atoms with Crippen LogP contribution in [0, 0.1) is 0 Å². The minimum absolute atomic E-state index is 0.0491. The van der Waals surface area contributed by atoms with Gasteiger partial charge in [-0.25, -0.2) is 13.5 Å². The van der Waals surface area contributed by atoms with E-state index in [9.17, 15) is 31.5 Å². The van der Waals surface area contributed by atoms with Crippen molar-refractivity contribution in [1.82, 2.24) is 35.5 Å². The first-order valence-corrected chi connectivity index (χ1v) is 12.5. The first-order valence-electron chi connectivity index (χ1n) is 11.7. The van der Waals surface area contributed by atoms with Crippen LogP contribution in [0.1, 0.15) is 38.7 Å². The van der Waals surface area contributed by atoms with Crippen molar-refractivity contribution in [3.63, 3.8) is 0 Å². The molecule has 0 saturated carbocycles. The van der Waals surface area contributed by atoms with Crippen molar-refractivity contribution < 1.29 is 36.3 Å². The van der Waals surface area contributed by atoms with Crippen LogP contribution in [0.15, 0.2) is 54.3 Å². The van der Waals surface area contributed by atoms with Crippen molar-refractivity contribution in [2.24, 2.45) is 0 Å². The summed E-state index contributed by atoms with van der Waals surface area (Å²) in [6, 6.07) is 3.21. The molecule has 40 heavy (non-hydrogen) atoms. The first kappa shape index (κ1) is 28.9. The molecule has 0 fully saturated rings. The molecule has 1 aliphatic carbocycles. The van der Waals surface area contributed by atoms with E-state index in [1.165, 1.54) is 18.6 Å². The highest BCUT2D eigenvalue weighted by atomic mass is 32.1. The quantitative estimate of drug-likeness (QED) is 0.327. The Bertz CT molecular complexity index is 1390. The van der Waals surface area contributed by atoms with Crippen LogP contribution >= 0.6 is 11.3 Å². The molecule has 2 N–H and O–H groups in total. The lowest BCUT2D eigenvalue weighted by atomic mass is 10.0. The van der Waals surface area contributed by atoms with Crippen molar-refractivity contribution in [2.45, 2.75) is 44.4 Å². The third-order valence-electron chi connectivity index (χ3n) is 5.39. The molecular formula is C23H21F5N8O3S. The summed E-state index contributed by atoms with van der Waals surface area (Å²) < 4.78 is 70.8. The van der Waals surface area contributed by atoms with Gasteiger partial charge in [0.2, 0.25) is 5.13 Å². The monoisotopic (exact) mass is 584 g/mol. The van der Waals surface area contributed by atoms with Gasteiger partial charge in [-0.1, -0.05) is 16.6 Å². The van der Waals surface area contributed by atoms with Crippen molar-refractivity contribution >= 4 is 28.3 Å². The average Bonchev–Trinajstić information content (AvgIpc) is 3.57. The molecular weight excluding hydrogens is 563 g/mol. The lowest BCUT2D eigenvalue weighted by Gasteiger charge is -2.20. The number of anilines is 1. The smallest absolute Gasteiger partial charge is 0.346 e. The van der Waals surface area contributed by atoms with Gasteiger partial charge in [0, 0.05) is 30.9 Å². The summed E-state index contributed by atoms with van der Waals surface area (Å²) in [5.41, 5.74) is -0.0149. The zero-order valence-corrected chi connectivity index (χ0v) is 21.3. The lowest BCUT2D eigenvalue weighted by Crippen LogP contribution is -2.29. The molecule has 0 aromatic carbocycles. The van der Waals surface area contributed by atoms with E-state index in [1.54, 1.807) is 12.1 Å². The number of hydrogen-bond acceptors (Lipinski definition) is 9. The molecule has 2 unspecified atom stereocenters. The summed E-state index contributed by atoms with van der Waals surface area (Å²) in [4.78, 5) is 28.4. The van der Waals surface area contributed by atoms with Crippen LogP contribution in [-0.4, -0.2) is 67.2 Å². The fourth-order valence-electron chi connectivity index (χ4n) is 3.52. The highest BCUT2D eigenvalue weighted by molar-refractivity contribution is 7.15. The summed E-state index contributed by atoms with van der Waals surface area (Å²) in [5.74, 6) is -1.95. The standard InChI is InChI=1S/C23H21F5N8O3S/c24-15(3-6-19-33-34-22(40-19)31-20(37)13-2-1-7-29-9-13)11-36-12-18(32-35-36)21(38)30-10-14-8-16(4-5-17(14)25)39-23(26,27)28/h1-2,5,7-9,12,15-16H,3-4,6,10-11H2,(H,30,38)(H,31,34,37). The minimum atomic E-state index is -4.89. The summed E-state index contributed by atoms with van der Waals surface area (Å²) in [6.07, 6.45) is -1.68. The van der Waals surface area contributed by atoms with Crippen molar-refractivity contribution in [2.75, 3.05) is 11.9 Å². The minimum Gasteiger partial charge on any atom is -0.346 e. The zero-order chi connectivity index (χ0) is 28.7. The lowest BCUT2D eigenvalue weighted by molar-refractivity contribution is -0.336. The summed E-state index contributed by atoms with van der Waals surface area (Å²) >= 11 is 1.10. The van der Waals surface area contributed by atoms with Gasteiger partial charge in [-0.15, -0.1) is 28.5 Å². The number of rotatable bonds is 11. The van der Waals surface area contributed by atoms with Crippen molar-refractivity contribution in [3.8, 4) is 0 Å². The molecule has 2 atom stereocenters. The molecule has 11 nitrogen and oxygen atoms in total. The number of carbonyl (C=O) groups excluding carboxylic acids is 2. The van der Waals surface area contributed by atoms with Crippen LogP contribution in [0.2, 0.25) is 0 Å². The van der Waals surface area contributed by atoms with Gasteiger partial charge in [-0.05, 0) is 37.1 Å². The number of carbonyl (C=O) groups is 2. The van der Waals surface area contributed by atoms with Gasteiger partial charge < -0.3 is 5.32 Å². The van der Waals surface area contributed by atoms with E-state index < -0.39 is 42.8 Å². The zero-order valence-electron chi connectivity index (χ0n) is 20.4. The van der Waals surface area contributed by atoms with Gasteiger partial charge >= 0.3 is 6.36 Å². The molecule has 0 aliphatic heterocycles. The summed E-state index contributed by atoms with van der Waals surface area (Å²) in [7, 11) is 0. The Hall–Kier alpha value is -4.12. The SMILES string of the molecule is O=C(Nc1nnc(CCC(F)Cn2cc(C(=O)NCC3=CC(OC(F)(F)F)CC=C3F)nn2)s1)c1cccnc1. The van der Waals surface area contributed by atoms with Crippen LogP contribution < -0.4 is 10.6 Å². The number of halogens is 5. The Morgan fingerprint density at radius 3 is 2.80 bits per heavy atom. The topological polar surface area (TPSA) is 137 Å². The van der Waals surface area contributed by atoms with Gasteiger partial charge in [0.15, 0.2) is 5.69 Å². The second-order valence-electron chi connectivity index (χ2n) is 8.42. The predicted molar refractivity (Wildman–Crippen MR) is 130 cm³/mol. The predicted octanol–water partition coefficient (Wildman–Crippen LogP) is 3.57. The summed E-state index contributed by atoms with van der Waals surface area (Å²) in [5, 5.41) is 20.9. The number of hydrogen-bond donors (Lipinski definition) is 2. The van der Waals surface area contributed by atoms with E-state index in [0.717, 1.165) is 28.2 Å². The largest absolute Gasteiger partial charge is 0.523 e. The normalized spacial score (nSPS) is 16.2. The number of aromatic nitrogens is 6. The molecule has 0 bridgehead atoms. The van der Waals surface area contributed by atoms with Gasteiger partial charge in [-0.3, -0.25) is 24.6 Å². The van der Waals surface area contributed by atoms with Crippen molar-refractivity contribution in [1.29, 1.82) is 0 Å². The van der Waals surface area contributed by atoms with Crippen LogP contribution in [-0.2, 0) is 17.7 Å². The number of ether oxygens (including phenoxy) is 1. The maximum absolute atomic E-state index is 14.6. The van der Waals surface area contributed by atoms with Crippen LogP contribution in [0.4, 0.5) is 27.1 Å². The number of alkyl halides is 4. The van der Waals surface area contributed by atoms with Gasteiger partial charge in [0.25, 0.3) is 11.8 Å². The van der Waals surface area contributed by atoms with Gasteiger partial charge in [0.1, 0.15) is 17.0 Å². The van der Waals surface area contributed by atoms with Crippen LogP contribution in [0.3, 0.4) is 0 Å². The third-order valence-corrected chi connectivity index (χ3v) is 6.29. The highest BCUT2D eigenvalue weighted by Gasteiger charge is 2.34. The van der Waals surface area contributed by atoms with Gasteiger partial charge in [0.05, 0.1) is 24.4 Å². The Morgan fingerprint density at radius 2 is 2.05 bits per heavy atom. The maximum Gasteiger partial charge on any atom is 0.523 e. The molecule has 0 spiro atoms. The van der Waals surface area contributed by atoms with Crippen LogP contribution in [0.5, 0.6) is 0 Å². The van der Waals surface area contributed by atoms with Crippen molar-refractivity contribution in [3.05, 3.63) is 70.5 Å². The van der Waals surface area contributed by atoms with E-state index in [2.05, 4.69) is 40.9 Å². The number of amides is 2. The molecule has 0 radical (unpaired) electrons. The fraction of sp³-hybridized carbons (Fsp3) is 0.348. The second kappa shape index (κ2) is 12.8. The third kappa shape index (κ3) is 8.44. The van der Waals surface area contributed by atoms with E-state index in [-0.39, 0.29) is 42.2 Å². The number of nitrogens with one attached hydrogen (secondary N) is 2. The first-order chi connectivity index (χ1) is 19.1. The van der Waals surface area contributed by atoms with E-state index >= 15 is 0 Å². The second-order valence-corrected chi connectivity index (χ2v) is 9.49. The number of nitrogens with zero attached hydrogens (tertiary/aromatic N) is 6. The maximum atomic E-state index is 14.6. The Balaban J connectivity index is 1.22.